The monoisotopic (exact) mass is 218 g/mol. The van der Waals surface area contributed by atoms with E-state index in [4.69, 9.17) is 19.6 Å². The average molecular weight is 218 g/mol. The summed E-state index contributed by atoms with van der Waals surface area (Å²) in [6.07, 6.45) is 1.28. The number of benzene rings is 1. The summed E-state index contributed by atoms with van der Waals surface area (Å²) < 4.78 is 4.72. The van der Waals surface area contributed by atoms with Crippen LogP contribution >= 0.6 is 9.03 Å². The Labute approximate surface area is 85.1 Å². The molecule has 1 aliphatic rings. The smallest absolute Gasteiger partial charge is 0.149 e. The minimum atomic E-state index is -0.917. The summed E-state index contributed by atoms with van der Waals surface area (Å²) in [7, 11) is -0.917. The predicted octanol–water partition coefficient (Wildman–Crippen LogP) is 1.28. The van der Waals surface area contributed by atoms with Gasteiger partial charge in [0.2, 0.25) is 0 Å². The van der Waals surface area contributed by atoms with Crippen LogP contribution in [-0.4, -0.2) is 28.1 Å². The van der Waals surface area contributed by atoms with Crippen molar-refractivity contribution < 1.29 is 19.6 Å². The summed E-state index contributed by atoms with van der Waals surface area (Å²) in [5.74, 6) is 0.322. The maximum absolute atomic E-state index is 8.63. The molecule has 2 rings (SSSR count). The number of rotatable bonds is 0. The van der Waals surface area contributed by atoms with Gasteiger partial charge in [0.1, 0.15) is 14.8 Å². The fraction of sp³-hybridized carbons (Fsp3) is 0.333. The lowest BCUT2D eigenvalue weighted by atomic mass is 10.3. The molecule has 1 aliphatic heterocycles. The Kier molecular flexibility index (Phi) is 9.91. The van der Waals surface area contributed by atoms with Crippen LogP contribution in [0.15, 0.2) is 30.3 Å². The molecule has 1 saturated heterocycles. The quantitative estimate of drug-likeness (QED) is 0.574. The Morgan fingerprint density at radius 3 is 1.57 bits per heavy atom. The molecule has 0 saturated carbocycles. The van der Waals surface area contributed by atoms with Gasteiger partial charge in [-0.15, -0.1) is 0 Å². The Hall–Kier alpha value is -0.670. The van der Waals surface area contributed by atoms with Crippen LogP contribution in [0, 0.1) is 0 Å². The van der Waals surface area contributed by atoms with Gasteiger partial charge in [0, 0.05) is 13.2 Å². The fourth-order valence-electron chi connectivity index (χ4n) is 0.572. The van der Waals surface area contributed by atoms with Crippen LogP contribution in [0.4, 0.5) is 0 Å². The van der Waals surface area contributed by atoms with Crippen LogP contribution < -0.4 is 0 Å². The van der Waals surface area contributed by atoms with E-state index >= 15 is 0 Å². The summed E-state index contributed by atoms with van der Waals surface area (Å²) in [5, 5.41) is 8.63. The zero-order valence-corrected chi connectivity index (χ0v) is 8.76. The molecule has 0 spiro atoms. The van der Waals surface area contributed by atoms with E-state index in [9.17, 15) is 0 Å². The van der Waals surface area contributed by atoms with Crippen molar-refractivity contribution in [2.75, 3.05) is 13.2 Å². The van der Waals surface area contributed by atoms with Crippen molar-refractivity contribution in [3.63, 3.8) is 0 Å². The van der Waals surface area contributed by atoms with E-state index in [0.717, 1.165) is 13.2 Å². The highest BCUT2D eigenvalue weighted by Gasteiger charge is 1.94. The van der Waals surface area contributed by atoms with E-state index in [1.165, 1.54) is 6.42 Å². The Balaban J connectivity index is 0.000000206. The van der Waals surface area contributed by atoms with E-state index in [2.05, 4.69) is 0 Å². The van der Waals surface area contributed by atoms with Gasteiger partial charge in [-0.25, -0.2) is 0 Å². The number of hydrogen-bond acceptors (Lipinski definition) is 4. The second-order valence-electron chi connectivity index (χ2n) is 2.40. The van der Waals surface area contributed by atoms with Crippen LogP contribution in [0.3, 0.4) is 0 Å². The van der Waals surface area contributed by atoms with E-state index in [1.807, 2.05) is 6.07 Å². The van der Waals surface area contributed by atoms with Crippen LogP contribution in [0.25, 0.3) is 0 Å². The first-order valence-electron chi connectivity index (χ1n) is 4.16. The zero-order valence-electron chi connectivity index (χ0n) is 7.76. The summed E-state index contributed by atoms with van der Waals surface area (Å²) in [4.78, 5) is 14.3. The number of phenolic OH excluding ortho intramolecular Hbond substituents is 1. The van der Waals surface area contributed by atoms with E-state index in [-0.39, 0.29) is 0 Å². The molecule has 0 radical (unpaired) electrons. The SMILES string of the molecule is C1COC1.OPO.Oc1ccccc1. The molecule has 1 heterocycles. The molecule has 1 aromatic rings. The molecular formula is C9H15O4P. The highest BCUT2D eigenvalue weighted by Crippen LogP contribution is 2.02. The molecule has 1 fully saturated rings. The highest BCUT2D eigenvalue weighted by atomic mass is 31.1. The maximum atomic E-state index is 8.63. The van der Waals surface area contributed by atoms with E-state index < -0.39 is 9.03 Å². The first-order valence-corrected chi connectivity index (χ1v) is 5.05. The molecule has 0 aliphatic carbocycles. The molecule has 0 bridgehead atoms. The van der Waals surface area contributed by atoms with Crippen molar-refractivity contribution in [1.82, 2.24) is 0 Å². The molecule has 1 aromatic carbocycles. The number of para-hydroxylation sites is 1. The van der Waals surface area contributed by atoms with Crippen molar-refractivity contribution in [1.29, 1.82) is 0 Å². The van der Waals surface area contributed by atoms with Gasteiger partial charge in [0.15, 0.2) is 0 Å². The van der Waals surface area contributed by atoms with Crippen molar-refractivity contribution in [3.8, 4) is 5.75 Å². The fourth-order valence-corrected chi connectivity index (χ4v) is 0.572. The number of aromatic hydroxyl groups is 1. The lowest BCUT2D eigenvalue weighted by molar-refractivity contribution is 0.0367. The summed E-state index contributed by atoms with van der Waals surface area (Å²) in [5.41, 5.74) is 0. The lowest BCUT2D eigenvalue weighted by Crippen LogP contribution is -2.09. The van der Waals surface area contributed by atoms with Crippen molar-refractivity contribution in [2.45, 2.75) is 6.42 Å². The van der Waals surface area contributed by atoms with Crippen molar-refractivity contribution >= 4 is 9.03 Å². The molecule has 14 heavy (non-hydrogen) atoms. The summed E-state index contributed by atoms with van der Waals surface area (Å²) >= 11 is 0. The molecule has 0 aromatic heterocycles. The van der Waals surface area contributed by atoms with Crippen LogP contribution in [0.1, 0.15) is 6.42 Å². The number of phenols is 1. The largest absolute Gasteiger partial charge is 0.508 e. The van der Waals surface area contributed by atoms with Gasteiger partial charge in [-0.3, -0.25) is 0 Å². The zero-order chi connectivity index (χ0) is 10.6. The van der Waals surface area contributed by atoms with Crippen molar-refractivity contribution in [2.24, 2.45) is 0 Å². The van der Waals surface area contributed by atoms with Crippen LogP contribution in [-0.2, 0) is 4.74 Å². The lowest BCUT2D eigenvalue weighted by Gasteiger charge is -2.09. The van der Waals surface area contributed by atoms with E-state index in [1.54, 1.807) is 24.3 Å². The average Bonchev–Trinajstić information content (AvgIpc) is 2.03. The normalized spacial score (nSPS) is 12.4. The molecule has 0 unspecified atom stereocenters. The minimum Gasteiger partial charge on any atom is -0.508 e. The highest BCUT2D eigenvalue weighted by molar-refractivity contribution is 7.23. The summed E-state index contributed by atoms with van der Waals surface area (Å²) in [6.45, 7) is 2.00. The first-order chi connectivity index (χ1) is 6.81. The Bertz CT molecular complexity index is 197. The third-order valence-corrected chi connectivity index (χ3v) is 1.33. The molecule has 3 N–H and O–H groups in total. The third-order valence-electron chi connectivity index (χ3n) is 1.33. The second kappa shape index (κ2) is 10.4. The number of hydrogen-bond donors (Lipinski definition) is 3. The van der Waals surface area contributed by atoms with Crippen LogP contribution in [0.2, 0.25) is 0 Å². The van der Waals surface area contributed by atoms with Crippen LogP contribution in [0.5, 0.6) is 5.75 Å². The number of ether oxygens (including phenoxy) is 1. The van der Waals surface area contributed by atoms with Gasteiger partial charge in [-0.2, -0.15) is 0 Å². The van der Waals surface area contributed by atoms with Crippen molar-refractivity contribution in [3.05, 3.63) is 30.3 Å². The Morgan fingerprint density at radius 2 is 1.43 bits per heavy atom. The summed E-state index contributed by atoms with van der Waals surface area (Å²) in [6, 6.07) is 8.71. The molecular weight excluding hydrogens is 203 g/mol. The molecule has 0 amide bonds. The van der Waals surface area contributed by atoms with Gasteiger partial charge in [-0.05, 0) is 18.6 Å². The third kappa shape index (κ3) is 9.42. The first kappa shape index (κ1) is 13.3. The molecule has 5 heteroatoms. The second-order valence-corrected chi connectivity index (χ2v) is 2.60. The molecule has 80 valence electrons. The predicted molar refractivity (Wildman–Crippen MR) is 56.3 cm³/mol. The molecule has 0 atom stereocenters. The topological polar surface area (TPSA) is 69.9 Å². The standard InChI is InChI=1S/C6H6O.C3H6O.H3O2P/c7-6-4-2-1-3-5-6;1-2-4-3-1;1-3-2/h1-5,7H;1-3H2;1-3H. The Morgan fingerprint density at radius 1 is 1.07 bits per heavy atom. The van der Waals surface area contributed by atoms with Gasteiger partial charge in [-0.1, -0.05) is 18.2 Å². The minimum absolute atomic E-state index is 0.322. The maximum Gasteiger partial charge on any atom is 0.149 e. The van der Waals surface area contributed by atoms with Gasteiger partial charge < -0.3 is 19.6 Å². The van der Waals surface area contributed by atoms with Gasteiger partial charge in [0.05, 0.1) is 0 Å². The van der Waals surface area contributed by atoms with Gasteiger partial charge >= 0.3 is 0 Å². The van der Waals surface area contributed by atoms with E-state index in [0.29, 0.717) is 5.75 Å². The molecule has 4 nitrogen and oxygen atoms in total. The van der Waals surface area contributed by atoms with Gasteiger partial charge in [0.25, 0.3) is 0 Å².